The monoisotopic (exact) mass is 189 g/mol. The zero-order chi connectivity index (χ0) is 9.68. The van der Waals surface area contributed by atoms with Crippen molar-refractivity contribution in [2.75, 3.05) is 13.2 Å². The Labute approximate surface area is 78.6 Å². The molecule has 0 bridgehead atoms. The van der Waals surface area contributed by atoms with E-state index in [2.05, 4.69) is 5.32 Å². The molecule has 1 fully saturated rings. The summed E-state index contributed by atoms with van der Waals surface area (Å²) in [6.07, 6.45) is 3.61. The lowest BCUT2D eigenvalue weighted by Crippen LogP contribution is -2.49. The molecule has 13 heavy (non-hydrogen) atoms. The fraction of sp³-hybridized carbons (Fsp3) is 1.00. The first-order valence-electron chi connectivity index (χ1n) is 4.93. The second-order valence-corrected chi connectivity index (χ2v) is 3.69. The fourth-order valence-corrected chi connectivity index (χ4v) is 1.77. The van der Waals surface area contributed by atoms with Gasteiger partial charge in [-0.1, -0.05) is 12.8 Å². The predicted molar refractivity (Wildman–Crippen MR) is 49.4 cm³/mol. The van der Waals surface area contributed by atoms with Crippen LogP contribution in [-0.4, -0.2) is 46.7 Å². The van der Waals surface area contributed by atoms with Crippen LogP contribution in [0.3, 0.4) is 0 Å². The van der Waals surface area contributed by atoms with Gasteiger partial charge in [0.2, 0.25) is 0 Å². The lowest BCUT2D eigenvalue weighted by Gasteiger charge is -2.31. The number of aliphatic hydroxyl groups excluding tert-OH is 3. The van der Waals surface area contributed by atoms with E-state index in [1.54, 1.807) is 0 Å². The van der Waals surface area contributed by atoms with Crippen molar-refractivity contribution < 1.29 is 15.3 Å². The second kappa shape index (κ2) is 5.54. The van der Waals surface area contributed by atoms with Gasteiger partial charge in [-0.15, -0.1) is 0 Å². The molecule has 0 heterocycles. The summed E-state index contributed by atoms with van der Waals surface area (Å²) >= 11 is 0. The van der Waals surface area contributed by atoms with Gasteiger partial charge in [0.05, 0.1) is 25.4 Å². The van der Waals surface area contributed by atoms with Gasteiger partial charge in [-0.05, 0) is 12.8 Å². The third kappa shape index (κ3) is 3.23. The molecule has 0 aromatic heterocycles. The van der Waals surface area contributed by atoms with Crippen molar-refractivity contribution in [3.63, 3.8) is 0 Å². The van der Waals surface area contributed by atoms with Crippen molar-refractivity contribution >= 4 is 0 Å². The Hall–Kier alpha value is -0.160. The first kappa shape index (κ1) is 10.9. The Bertz CT molecular complexity index is 139. The molecule has 4 heteroatoms. The number of nitrogens with one attached hydrogen (secondary N) is 1. The van der Waals surface area contributed by atoms with Crippen LogP contribution in [0.15, 0.2) is 0 Å². The summed E-state index contributed by atoms with van der Waals surface area (Å²) in [6, 6.07) is -0.254. The molecule has 0 aliphatic heterocycles. The van der Waals surface area contributed by atoms with E-state index >= 15 is 0 Å². The molecule has 1 rings (SSSR count). The first-order chi connectivity index (χ1) is 6.27. The average molecular weight is 189 g/mol. The molecule has 78 valence electrons. The van der Waals surface area contributed by atoms with Gasteiger partial charge in [0, 0.05) is 6.04 Å². The van der Waals surface area contributed by atoms with Crippen LogP contribution in [-0.2, 0) is 0 Å². The van der Waals surface area contributed by atoms with Crippen molar-refractivity contribution in [3.05, 3.63) is 0 Å². The van der Waals surface area contributed by atoms with E-state index in [1.807, 2.05) is 0 Å². The summed E-state index contributed by atoms with van der Waals surface area (Å²) in [7, 11) is 0. The summed E-state index contributed by atoms with van der Waals surface area (Å²) in [5.41, 5.74) is 0. The summed E-state index contributed by atoms with van der Waals surface area (Å²) in [4.78, 5) is 0. The zero-order valence-electron chi connectivity index (χ0n) is 7.82. The Morgan fingerprint density at radius 3 is 2.31 bits per heavy atom. The topological polar surface area (TPSA) is 72.7 Å². The molecule has 1 aliphatic carbocycles. The van der Waals surface area contributed by atoms with E-state index in [0.29, 0.717) is 0 Å². The average Bonchev–Trinajstić information content (AvgIpc) is 2.17. The lowest BCUT2D eigenvalue weighted by atomic mass is 9.92. The van der Waals surface area contributed by atoms with Gasteiger partial charge in [-0.25, -0.2) is 0 Å². The van der Waals surface area contributed by atoms with Gasteiger partial charge in [0.25, 0.3) is 0 Å². The molecule has 0 saturated heterocycles. The van der Waals surface area contributed by atoms with Crippen LogP contribution in [0.5, 0.6) is 0 Å². The van der Waals surface area contributed by atoms with Crippen LogP contribution >= 0.6 is 0 Å². The molecule has 0 unspecified atom stereocenters. The molecular formula is C9H19NO3. The van der Waals surface area contributed by atoms with E-state index in [1.165, 1.54) is 0 Å². The number of aliphatic hydroxyl groups is 3. The van der Waals surface area contributed by atoms with Crippen LogP contribution in [0.2, 0.25) is 0 Å². The van der Waals surface area contributed by atoms with Crippen LogP contribution in [0, 0.1) is 0 Å². The SMILES string of the molecule is OCC(CO)N[C@H]1CCCC[C@@H]1O. The van der Waals surface area contributed by atoms with Crippen LogP contribution < -0.4 is 5.32 Å². The summed E-state index contributed by atoms with van der Waals surface area (Å²) in [5.74, 6) is 0. The van der Waals surface area contributed by atoms with E-state index in [-0.39, 0.29) is 31.4 Å². The van der Waals surface area contributed by atoms with E-state index in [0.717, 1.165) is 25.7 Å². The molecule has 4 N–H and O–H groups in total. The maximum atomic E-state index is 9.58. The van der Waals surface area contributed by atoms with Crippen molar-refractivity contribution in [1.82, 2.24) is 5.32 Å². The summed E-state index contributed by atoms with van der Waals surface area (Å²) in [6.45, 7) is -0.167. The minimum absolute atomic E-state index is 0.0399. The van der Waals surface area contributed by atoms with E-state index < -0.39 is 0 Å². The number of hydrogen-bond donors (Lipinski definition) is 4. The van der Waals surface area contributed by atoms with Crippen LogP contribution in [0.4, 0.5) is 0 Å². The van der Waals surface area contributed by atoms with Gasteiger partial charge in [0.1, 0.15) is 0 Å². The minimum atomic E-state index is -0.325. The standard InChI is InChI=1S/C9H19NO3/c11-5-7(6-12)10-8-3-1-2-4-9(8)13/h7-13H,1-6H2/t8-,9-/m0/s1. The third-order valence-electron chi connectivity index (χ3n) is 2.62. The molecule has 1 saturated carbocycles. The van der Waals surface area contributed by atoms with Crippen molar-refractivity contribution in [1.29, 1.82) is 0 Å². The molecule has 0 aromatic carbocycles. The Kier molecular flexibility index (Phi) is 4.66. The molecule has 0 spiro atoms. The molecule has 0 amide bonds. The van der Waals surface area contributed by atoms with Crippen molar-refractivity contribution in [2.45, 2.75) is 43.9 Å². The third-order valence-corrected chi connectivity index (χ3v) is 2.62. The van der Waals surface area contributed by atoms with Crippen LogP contribution in [0.25, 0.3) is 0 Å². The molecular weight excluding hydrogens is 170 g/mol. The molecule has 2 atom stereocenters. The molecule has 0 radical (unpaired) electrons. The largest absolute Gasteiger partial charge is 0.395 e. The second-order valence-electron chi connectivity index (χ2n) is 3.69. The van der Waals surface area contributed by atoms with Gasteiger partial charge < -0.3 is 20.6 Å². The lowest BCUT2D eigenvalue weighted by molar-refractivity contribution is 0.0687. The Morgan fingerprint density at radius 2 is 1.77 bits per heavy atom. The minimum Gasteiger partial charge on any atom is -0.395 e. The number of rotatable bonds is 4. The van der Waals surface area contributed by atoms with Gasteiger partial charge in [-0.3, -0.25) is 0 Å². The first-order valence-corrected chi connectivity index (χ1v) is 4.93. The number of hydrogen-bond acceptors (Lipinski definition) is 4. The Morgan fingerprint density at radius 1 is 1.15 bits per heavy atom. The maximum Gasteiger partial charge on any atom is 0.0693 e. The fourth-order valence-electron chi connectivity index (χ4n) is 1.77. The van der Waals surface area contributed by atoms with Gasteiger partial charge in [-0.2, -0.15) is 0 Å². The van der Waals surface area contributed by atoms with Crippen molar-refractivity contribution in [2.24, 2.45) is 0 Å². The molecule has 1 aliphatic rings. The van der Waals surface area contributed by atoms with Gasteiger partial charge >= 0.3 is 0 Å². The summed E-state index contributed by atoms with van der Waals surface area (Å²) in [5, 5.41) is 30.3. The smallest absolute Gasteiger partial charge is 0.0693 e. The zero-order valence-corrected chi connectivity index (χ0v) is 7.82. The van der Waals surface area contributed by atoms with E-state index in [4.69, 9.17) is 10.2 Å². The normalized spacial score (nSPS) is 29.5. The highest BCUT2D eigenvalue weighted by atomic mass is 16.3. The van der Waals surface area contributed by atoms with Gasteiger partial charge in [0.15, 0.2) is 0 Å². The van der Waals surface area contributed by atoms with E-state index in [9.17, 15) is 5.11 Å². The molecule has 0 aromatic rings. The highest BCUT2D eigenvalue weighted by Gasteiger charge is 2.24. The van der Waals surface area contributed by atoms with Crippen LogP contribution in [0.1, 0.15) is 25.7 Å². The summed E-state index contributed by atoms with van der Waals surface area (Å²) < 4.78 is 0. The maximum absolute atomic E-state index is 9.58. The highest BCUT2D eigenvalue weighted by molar-refractivity contribution is 4.83. The predicted octanol–water partition coefficient (Wildman–Crippen LogP) is -0.767. The highest BCUT2D eigenvalue weighted by Crippen LogP contribution is 2.18. The molecule has 4 nitrogen and oxygen atoms in total. The quantitative estimate of drug-likeness (QED) is 0.469. The Balaban J connectivity index is 2.32. The van der Waals surface area contributed by atoms with Crippen molar-refractivity contribution in [3.8, 4) is 0 Å².